The zero-order valence-corrected chi connectivity index (χ0v) is 15.1. The minimum absolute atomic E-state index is 0.0804. The summed E-state index contributed by atoms with van der Waals surface area (Å²) < 4.78 is 33.3. The topological polar surface area (TPSA) is 49.9 Å². The third-order valence-corrected chi connectivity index (χ3v) is 6.18. The number of benzene rings is 2. The van der Waals surface area contributed by atoms with Gasteiger partial charge in [-0.2, -0.15) is 0 Å². The molecule has 0 amide bonds. The molecule has 1 aliphatic heterocycles. The summed E-state index contributed by atoms with van der Waals surface area (Å²) in [6, 6.07) is 12.1. The molecule has 0 radical (unpaired) electrons. The largest absolute Gasteiger partial charge is 0.495 e. The maximum absolute atomic E-state index is 13.3. The van der Waals surface area contributed by atoms with Crippen LogP contribution in [0.1, 0.15) is 6.42 Å². The van der Waals surface area contributed by atoms with Gasteiger partial charge in [0.25, 0.3) is 10.0 Å². The van der Waals surface area contributed by atoms with Crippen LogP contribution in [0.5, 0.6) is 5.75 Å². The van der Waals surface area contributed by atoms with Crippen LogP contribution in [0, 0.1) is 0 Å². The molecule has 0 saturated heterocycles. The number of para-hydroxylation sites is 2. The maximum atomic E-state index is 13.3. The smallest absolute Gasteiger partial charge is 0.268 e. The van der Waals surface area contributed by atoms with Gasteiger partial charge in [0.05, 0.1) is 18.5 Å². The average molecular weight is 367 g/mol. The van der Waals surface area contributed by atoms with Gasteiger partial charge in [-0.25, -0.2) is 8.42 Å². The molecule has 2 aromatic carbocycles. The van der Waals surface area contributed by atoms with Crippen molar-refractivity contribution in [2.24, 2.45) is 0 Å². The molecule has 0 fully saturated rings. The van der Waals surface area contributed by atoms with Gasteiger partial charge in [-0.15, -0.1) is 0 Å². The number of rotatable bonds is 3. The fourth-order valence-electron chi connectivity index (χ4n) is 2.91. The van der Waals surface area contributed by atoms with Gasteiger partial charge in [-0.05, 0) is 36.8 Å². The Morgan fingerprint density at radius 2 is 1.79 bits per heavy atom. The second kappa shape index (κ2) is 6.53. The van der Waals surface area contributed by atoms with Crippen LogP contribution < -0.4 is 13.9 Å². The van der Waals surface area contributed by atoms with E-state index in [0.717, 1.165) is 18.7 Å². The van der Waals surface area contributed by atoms with E-state index >= 15 is 0 Å². The predicted octanol–water partition coefficient (Wildman–Crippen LogP) is 3.38. The maximum Gasteiger partial charge on any atom is 0.268 e. The van der Waals surface area contributed by atoms with Crippen molar-refractivity contribution in [3.8, 4) is 5.75 Å². The zero-order chi connectivity index (χ0) is 17.3. The van der Waals surface area contributed by atoms with E-state index in [1.54, 1.807) is 12.1 Å². The highest BCUT2D eigenvalue weighted by Gasteiger charge is 2.31. The molecule has 24 heavy (non-hydrogen) atoms. The molecule has 0 N–H and O–H groups in total. The van der Waals surface area contributed by atoms with E-state index in [4.69, 9.17) is 16.3 Å². The van der Waals surface area contributed by atoms with Crippen LogP contribution in [0.4, 0.5) is 11.4 Å². The lowest BCUT2D eigenvalue weighted by atomic mass is 10.2. The van der Waals surface area contributed by atoms with E-state index in [-0.39, 0.29) is 10.6 Å². The predicted molar refractivity (Wildman–Crippen MR) is 96.9 cm³/mol. The van der Waals surface area contributed by atoms with Crippen molar-refractivity contribution in [3.05, 3.63) is 47.5 Å². The lowest BCUT2D eigenvalue weighted by molar-refractivity contribution is 0.402. The summed E-state index contributed by atoms with van der Waals surface area (Å²) >= 11 is 6.03. The van der Waals surface area contributed by atoms with Crippen LogP contribution in [0.25, 0.3) is 0 Å². The fourth-order valence-corrected chi connectivity index (χ4v) is 4.85. The van der Waals surface area contributed by atoms with Crippen molar-refractivity contribution < 1.29 is 13.2 Å². The summed E-state index contributed by atoms with van der Waals surface area (Å²) in [6.45, 7) is 1.19. The third-order valence-electron chi connectivity index (χ3n) is 4.11. The summed E-state index contributed by atoms with van der Waals surface area (Å²) in [6.07, 6.45) is 0.729. The number of hydrogen-bond acceptors (Lipinski definition) is 4. The highest BCUT2D eigenvalue weighted by Crippen LogP contribution is 2.37. The zero-order valence-electron chi connectivity index (χ0n) is 13.6. The van der Waals surface area contributed by atoms with Crippen LogP contribution in [0.2, 0.25) is 5.02 Å². The summed E-state index contributed by atoms with van der Waals surface area (Å²) in [5.74, 6) is 0.287. The molecular weight excluding hydrogens is 348 g/mol. The van der Waals surface area contributed by atoms with Crippen LogP contribution >= 0.6 is 11.6 Å². The van der Waals surface area contributed by atoms with E-state index in [9.17, 15) is 8.42 Å². The number of fused-ring (bicyclic) bond motifs is 1. The van der Waals surface area contributed by atoms with E-state index in [2.05, 4.69) is 4.90 Å². The van der Waals surface area contributed by atoms with Crippen molar-refractivity contribution in [2.45, 2.75) is 11.3 Å². The van der Waals surface area contributed by atoms with E-state index < -0.39 is 10.0 Å². The number of ether oxygens (including phenoxy) is 1. The fraction of sp³-hybridized carbons (Fsp3) is 0.294. The average Bonchev–Trinajstić information content (AvgIpc) is 2.75. The Bertz CT molecular complexity index is 855. The van der Waals surface area contributed by atoms with Crippen LogP contribution in [0.3, 0.4) is 0 Å². The highest BCUT2D eigenvalue weighted by atomic mass is 35.5. The van der Waals surface area contributed by atoms with Gasteiger partial charge in [0, 0.05) is 25.2 Å². The molecule has 0 aliphatic carbocycles. The van der Waals surface area contributed by atoms with E-state index in [0.29, 0.717) is 17.3 Å². The Morgan fingerprint density at radius 1 is 1.08 bits per heavy atom. The highest BCUT2D eigenvalue weighted by molar-refractivity contribution is 7.93. The van der Waals surface area contributed by atoms with Gasteiger partial charge >= 0.3 is 0 Å². The SMILES string of the molecule is COc1ccc(Cl)cc1S(=O)(=O)N1CCCN(C)c2ccccc21. The molecule has 1 aliphatic rings. The van der Waals surface area contributed by atoms with Crippen molar-refractivity contribution in [3.63, 3.8) is 0 Å². The van der Waals surface area contributed by atoms with Gasteiger partial charge in [0.1, 0.15) is 10.6 Å². The normalized spacial score (nSPS) is 15.0. The van der Waals surface area contributed by atoms with Crippen molar-refractivity contribution in [2.75, 3.05) is 36.5 Å². The summed E-state index contributed by atoms with van der Waals surface area (Å²) in [5, 5.41) is 0.356. The monoisotopic (exact) mass is 366 g/mol. The third kappa shape index (κ3) is 2.91. The first-order chi connectivity index (χ1) is 11.4. The Hall–Kier alpha value is -1.92. The second-order valence-electron chi connectivity index (χ2n) is 5.64. The molecule has 7 heteroatoms. The molecule has 0 atom stereocenters. The molecule has 0 saturated carbocycles. The standard InChI is InChI=1S/C17H19ClN2O3S/c1-19-10-5-11-20(15-7-4-3-6-14(15)19)24(21,22)17-12-13(18)8-9-16(17)23-2/h3-4,6-9,12H,5,10-11H2,1-2H3. The van der Waals surface area contributed by atoms with Crippen LogP contribution in [-0.4, -0.2) is 35.7 Å². The minimum atomic E-state index is -3.79. The summed E-state index contributed by atoms with van der Waals surface area (Å²) in [5.41, 5.74) is 1.55. The molecule has 3 rings (SSSR count). The van der Waals surface area contributed by atoms with Crippen molar-refractivity contribution in [1.82, 2.24) is 0 Å². The molecule has 1 heterocycles. The number of methoxy groups -OCH3 is 1. The molecule has 128 valence electrons. The molecule has 0 bridgehead atoms. The number of nitrogens with zero attached hydrogens (tertiary/aromatic N) is 2. The Kier molecular flexibility index (Phi) is 4.60. The lowest BCUT2D eigenvalue weighted by Crippen LogP contribution is -2.32. The summed E-state index contributed by atoms with van der Waals surface area (Å²) in [7, 11) is -0.372. The number of hydrogen-bond donors (Lipinski definition) is 0. The minimum Gasteiger partial charge on any atom is -0.495 e. The number of sulfonamides is 1. The van der Waals surface area contributed by atoms with E-state index in [1.807, 2.05) is 31.3 Å². The van der Waals surface area contributed by atoms with Crippen LogP contribution in [-0.2, 0) is 10.0 Å². The molecule has 0 spiro atoms. The Labute approximate surface area is 147 Å². The molecule has 0 unspecified atom stereocenters. The van der Waals surface area contributed by atoms with Crippen molar-refractivity contribution in [1.29, 1.82) is 0 Å². The molecule has 2 aromatic rings. The first-order valence-corrected chi connectivity index (χ1v) is 9.43. The summed E-state index contributed by atoms with van der Waals surface area (Å²) in [4.78, 5) is 2.15. The number of halogens is 1. The second-order valence-corrected chi connectivity index (χ2v) is 7.90. The van der Waals surface area contributed by atoms with Gasteiger partial charge in [-0.1, -0.05) is 23.7 Å². The molecular formula is C17H19ClN2O3S. The molecule has 5 nitrogen and oxygen atoms in total. The van der Waals surface area contributed by atoms with Gasteiger partial charge in [-0.3, -0.25) is 4.31 Å². The lowest BCUT2D eigenvalue weighted by Gasteiger charge is -2.26. The first-order valence-electron chi connectivity index (χ1n) is 7.61. The molecule has 0 aromatic heterocycles. The first kappa shape index (κ1) is 16.9. The Morgan fingerprint density at radius 3 is 2.50 bits per heavy atom. The van der Waals surface area contributed by atoms with E-state index in [1.165, 1.54) is 17.5 Å². The van der Waals surface area contributed by atoms with Gasteiger partial charge in [0.15, 0.2) is 0 Å². The van der Waals surface area contributed by atoms with Gasteiger partial charge < -0.3 is 9.64 Å². The Balaban J connectivity index is 2.17. The van der Waals surface area contributed by atoms with Gasteiger partial charge in [0.2, 0.25) is 0 Å². The number of anilines is 2. The quantitative estimate of drug-likeness (QED) is 0.835. The van der Waals surface area contributed by atoms with Crippen molar-refractivity contribution >= 4 is 33.0 Å². The van der Waals surface area contributed by atoms with Crippen LogP contribution in [0.15, 0.2) is 47.4 Å².